The molecule has 2 heterocycles. The zero-order chi connectivity index (χ0) is 12.6. The van der Waals surface area contributed by atoms with Gasteiger partial charge in [0.15, 0.2) is 0 Å². The highest BCUT2D eigenvalue weighted by Gasteiger charge is 2.20. The molecule has 1 saturated heterocycles. The van der Waals surface area contributed by atoms with Gasteiger partial charge in [-0.15, -0.1) is 0 Å². The van der Waals surface area contributed by atoms with Crippen molar-refractivity contribution in [2.75, 3.05) is 24.5 Å². The largest absolute Gasteiger partial charge is 0.348 e. The fourth-order valence-electron chi connectivity index (χ4n) is 2.28. The van der Waals surface area contributed by atoms with Crippen molar-refractivity contribution in [1.82, 2.24) is 10.3 Å². The second-order valence-electron chi connectivity index (χ2n) is 4.72. The fourth-order valence-corrected chi connectivity index (χ4v) is 2.28. The molecule has 0 bridgehead atoms. The molecule has 0 aliphatic carbocycles. The quantitative estimate of drug-likeness (QED) is 0.638. The van der Waals surface area contributed by atoms with Crippen LogP contribution < -0.4 is 10.2 Å². The summed E-state index contributed by atoms with van der Waals surface area (Å²) in [4.78, 5) is 6.85. The van der Waals surface area contributed by atoms with Crippen molar-refractivity contribution in [2.45, 2.75) is 32.2 Å². The summed E-state index contributed by atoms with van der Waals surface area (Å²) in [6.07, 6.45) is 10.2. The molecule has 1 atom stereocenters. The molecule has 0 amide bonds. The van der Waals surface area contributed by atoms with Crippen LogP contribution in [-0.2, 0) is 0 Å². The number of unbranched alkanes of at least 4 members (excludes halogenated alkanes) is 2. The fraction of sp³-hybridized carbons (Fsp3) is 0.533. The Labute approximate surface area is 110 Å². The molecule has 1 aliphatic rings. The van der Waals surface area contributed by atoms with Crippen LogP contribution in [-0.4, -0.2) is 30.7 Å². The van der Waals surface area contributed by atoms with E-state index < -0.39 is 0 Å². The Bertz CT molecular complexity index is 361. The number of piperazine rings is 1. The predicted molar refractivity (Wildman–Crippen MR) is 76.9 cm³/mol. The average molecular weight is 245 g/mol. The molecule has 0 radical (unpaired) electrons. The number of anilines is 1. The van der Waals surface area contributed by atoms with Crippen molar-refractivity contribution >= 4 is 5.82 Å². The molecule has 98 valence electrons. The van der Waals surface area contributed by atoms with Crippen LogP contribution in [0.3, 0.4) is 0 Å². The third-order valence-corrected chi connectivity index (χ3v) is 3.31. The number of rotatable bonds is 5. The van der Waals surface area contributed by atoms with Gasteiger partial charge in [0, 0.05) is 25.8 Å². The van der Waals surface area contributed by atoms with Crippen molar-refractivity contribution in [3.63, 3.8) is 0 Å². The second kappa shape index (κ2) is 7.17. The van der Waals surface area contributed by atoms with Gasteiger partial charge >= 0.3 is 0 Å². The molecule has 3 nitrogen and oxygen atoms in total. The number of allylic oxidation sites excluding steroid dienone is 1. The van der Waals surface area contributed by atoms with Gasteiger partial charge in [0.1, 0.15) is 5.82 Å². The maximum absolute atomic E-state index is 4.46. The SMILES string of the molecule is CCCCC=CC1CNCCN1c1ccccn1. The van der Waals surface area contributed by atoms with Gasteiger partial charge in [-0.25, -0.2) is 4.98 Å². The van der Waals surface area contributed by atoms with E-state index in [1.807, 2.05) is 12.3 Å². The van der Waals surface area contributed by atoms with Crippen LogP contribution in [0.25, 0.3) is 0 Å². The van der Waals surface area contributed by atoms with E-state index in [1.165, 1.54) is 19.3 Å². The first-order valence-electron chi connectivity index (χ1n) is 6.97. The van der Waals surface area contributed by atoms with Gasteiger partial charge in [0.25, 0.3) is 0 Å². The van der Waals surface area contributed by atoms with E-state index in [1.54, 1.807) is 0 Å². The van der Waals surface area contributed by atoms with E-state index in [0.717, 1.165) is 25.5 Å². The predicted octanol–water partition coefficient (Wildman–Crippen LogP) is 2.61. The summed E-state index contributed by atoms with van der Waals surface area (Å²) in [5, 5.41) is 3.45. The normalized spacial score (nSPS) is 20.5. The lowest BCUT2D eigenvalue weighted by molar-refractivity contribution is 0.524. The monoisotopic (exact) mass is 245 g/mol. The van der Waals surface area contributed by atoms with Crippen LogP contribution in [0.5, 0.6) is 0 Å². The first-order valence-corrected chi connectivity index (χ1v) is 6.97. The number of hydrogen-bond donors (Lipinski definition) is 1. The van der Waals surface area contributed by atoms with Crippen LogP contribution in [0.2, 0.25) is 0 Å². The molecule has 1 aliphatic heterocycles. The molecular weight excluding hydrogens is 222 g/mol. The van der Waals surface area contributed by atoms with Gasteiger partial charge in [-0.1, -0.05) is 38.0 Å². The highest BCUT2D eigenvalue weighted by Crippen LogP contribution is 2.15. The second-order valence-corrected chi connectivity index (χ2v) is 4.72. The molecule has 1 unspecified atom stereocenters. The summed E-state index contributed by atoms with van der Waals surface area (Å²) in [7, 11) is 0. The van der Waals surface area contributed by atoms with Crippen LogP contribution in [0.1, 0.15) is 26.2 Å². The van der Waals surface area contributed by atoms with Crippen molar-refractivity contribution in [2.24, 2.45) is 0 Å². The maximum Gasteiger partial charge on any atom is 0.129 e. The van der Waals surface area contributed by atoms with Gasteiger partial charge in [0.2, 0.25) is 0 Å². The Balaban J connectivity index is 2.00. The molecule has 1 aromatic heterocycles. The lowest BCUT2D eigenvalue weighted by atomic mass is 10.1. The van der Waals surface area contributed by atoms with Crippen molar-refractivity contribution in [1.29, 1.82) is 0 Å². The molecule has 3 heteroatoms. The van der Waals surface area contributed by atoms with E-state index in [9.17, 15) is 0 Å². The number of nitrogens with one attached hydrogen (secondary N) is 1. The summed E-state index contributed by atoms with van der Waals surface area (Å²) < 4.78 is 0. The minimum atomic E-state index is 0.436. The number of aromatic nitrogens is 1. The molecule has 18 heavy (non-hydrogen) atoms. The van der Waals surface area contributed by atoms with E-state index in [2.05, 4.69) is 46.4 Å². The topological polar surface area (TPSA) is 28.2 Å². The smallest absolute Gasteiger partial charge is 0.129 e. The molecule has 0 spiro atoms. The van der Waals surface area contributed by atoms with Gasteiger partial charge in [0.05, 0.1) is 6.04 Å². The Morgan fingerprint density at radius 3 is 3.22 bits per heavy atom. The Hall–Kier alpha value is -1.35. The first kappa shape index (κ1) is 13.1. The summed E-state index contributed by atoms with van der Waals surface area (Å²) in [5.41, 5.74) is 0. The highest BCUT2D eigenvalue weighted by atomic mass is 15.3. The summed E-state index contributed by atoms with van der Waals surface area (Å²) in [6.45, 7) is 5.31. The van der Waals surface area contributed by atoms with Gasteiger partial charge in [-0.2, -0.15) is 0 Å². The first-order chi connectivity index (χ1) is 8.92. The van der Waals surface area contributed by atoms with E-state index in [4.69, 9.17) is 0 Å². The summed E-state index contributed by atoms with van der Waals surface area (Å²) in [6, 6.07) is 6.56. The molecule has 0 aromatic carbocycles. The highest BCUT2D eigenvalue weighted by molar-refractivity contribution is 5.41. The minimum Gasteiger partial charge on any atom is -0.348 e. The summed E-state index contributed by atoms with van der Waals surface area (Å²) >= 11 is 0. The van der Waals surface area contributed by atoms with Crippen LogP contribution in [0.4, 0.5) is 5.82 Å². The van der Waals surface area contributed by atoms with Crippen LogP contribution in [0, 0.1) is 0 Å². The standard InChI is InChI=1S/C15H23N3/c1-2-3-4-5-8-14-13-16-11-12-18(14)15-9-6-7-10-17-15/h5-10,14,16H,2-4,11-13H2,1H3. The summed E-state index contributed by atoms with van der Waals surface area (Å²) in [5.74, 6) is 1.09. The van der Waals surface area contributed by atoms with Crippen LogP contribution >= 0.6 is 0 Å². The number of hydrogen-bond acceptors (Lipinski definition) is 3. The lowest BCUT2D eigenvalue weighted by Gasteiger charge is -2.35. The Morgan fingerprint density at radius 2 is 2.44 bits per heavy atom. The number of nitrogens with zero attached hydrogens (tertiary/aromatic N) is 2. The van der Waals surface area contributed by atoms with Crippen molar-refractivity contribution in [3.8, 4) is 0 Å². The minimum absolute atomic E-state index is 0.436. The van der Waals surface area contributed by atoms with Gasteiger partial charge in [-0.3, -0.25) is 0 Å². The average Bonchev–Trinajstić information content (AvgIpc) is 2.45. The van der Waals surface area contributed by atoms with E-state index >= 15 is 0 Å². The zero-order valence-corrected chi connectivity index (χ0v) is 11.2. The molecular formula is C15H23N3. The van der Waals surface area contributed by atoms with Gasteiger partial charge in [-0.05, 0) is 18.6 Å². The maximum atomic E-state index is 4.46. The Kier molecular flexibility index (Phi) is 5.21. The van der Waals surface area contributed by atoms with E-state index in [0.29, 0.717) is 6.04 Å². The number of pyridine rings is 1. The third kappa shape index (κ3) is 3.57. The van der Waals surface area contributed by atoms with Gasteiger partial charge < -0.3 is 10.2 Å². The van der Waals surface area contributed by atoms with E-state index in [-0.39, 0.29) is 0 Å². The molecule has 1 aromatic rings. The molecule has 1 fully saturated rings. The molecule has 0 saturated carbocycles. The van der Waals surface area contributed by atoms with Crippen molar-refractivity contribution in [3.05, 3.63) is 36.5 Å². The zero-order valence-electron chi connectivity index (χ0n) is 11.2. The third-order valence-electron chi connectivity index (χ3n) is 3.31. The van der Waals surface area contributed by atoms with Crippen molar-refractivity contribution < 1.29 is 0 Å². The molecule has 1 N–H and O–H groups in total. The molecule has 2 rings (SSSR count). The Morgan fingerprint density at radius 1 is 1.50 bits per heavy atom. The van der Waals surface area contributed by atoms with Crippen LogP contribution in [0.15, 0.2) is 36.5 Å². The lowest BCUT2D eigenvalue weighted by Crippen LogP contribution is -2.50.